The summed E-state index contributed by atoms with van der Waals surface area (Å²) in [7, 11) is 1.66. The van der Waals surface area contributed by atoms with Gasteiger partial charge in [-0.15, -0.1) is 0 Å². The SMILES string of the molecule is CN/C(=C\[N+](=O)[O-])NCCCCCOc1cccc(CN2CCCCC2)c1. The first-order valence-corrected chi connectivity index (χ1v) is 9.88. The van der Waals surface area contributed by atoms with Crippen molar-refractivity contribution in [2.75, 3.05) is 33.3 Å². The average molecular weight is 377 g/mol. The standard InChI is InChI=1S/C20H32N4O3/c1-21-20(17-24(25)26)22-11-4-2-7-14-27-19-10-8-9-18(15-19)16-23-12-5-3-6-13-23/h8-10,15,17,21-22H,2-7,11-14,16H2,1H3/b20-17+. The minimum absolute atomic E-state index is 0.432. The van der Waals surface area contributed by atoms with Crippen LogP contribution in [0.4, 0.5) is 0 Å². The topological polar surface area (TPSA) is 79.7 Å². The molecule has 0 spiro atoms. The molecule has 0 aliphatic carbocycles. The lowest BCUT2D eigenvalue weighted by atomic mass is 10.1. The molecule has 0 atom stereocenters. The van der Waals surface area contributed by atoms with Crippen molar-refractivity contribution in [2.45, 2.75) is 45.1 Å². The van der Waals surface area contributed by atoms with Gasteiger partial charge < -0.3 is 15.4 Å². The minimum atomic E-state index is -0.466. The first kappa shape index (κ1) is 21.0. The van der Waals surface area contributed by atoms with Crippen molar-refractivity contribution in [1.29, 1.82) is 0 Å². The lowest BCUT2D eigenvalue weighted by Crippen LogP contribution is -2.29. The molecule has 1 aliphatic heterocycles. The molecule has 0 aromatic heterocycles. The summed E-state index contributed by atoms with van der Waals surface area (Å²) >= 11 is 0. The third-order valence-corrected chi connectivity index (χ3v) is 4.66. The number of unbranched alkanes of at least 4 members (excludes halogenated alkanes) is 2. The molecule has 0 saturated carbocycles. The van der Waals surface area contributed by atoms with Gasteiger partial charge in [-0.3, -0.25) is 15.0 Å². The largest absolute Gasteiger partial charge is 0.494 e. The third kappa shape index (κ3) is 8.77. The summed E-state index contributed by atoms with van der Waals surface area (Å²) in [5.41, 5.74) is 1.32. The van der Waals surface area contributed by atoms with Gasteiger partial charge in [-0.05, 0) is 62.9 Å². The van der Waals surface area contributed by atoms with E-state index in [1.54, 1.807) is 7.05 Å². The molecule has 0 unspecified atom stereocenters. The van der Waals surface area contributed by atoms with Crippen molar-refractivity contribution >= 4 is 0 Å². The van der Waals surface area contributed by atoms with Crippen LogP contribution in [0.1, 0.15) is 44.1 Å². The first-order valence-electron chi connectivity index (χ1n) is 9.88. The van der Waals surface area contributed by atoms with Gasteiger partial charge >= 0.3 is 0 Å². The highest BCUT2D eigenvalue weighted by Crippen LogP contribution is 2.18. The van der Waals surface area contributed by atoms with E-state index in [-0.39, 0.29) is 0 Å². The van der Waals surface area contributed by atoms with Gasteiger partial charge in [0.05, 0.1) is 11.5 Å². The van der Waals surface area contributed by atoms with Crippen LogP contribution in [0.3, 0.4) is 0 Å². The molecular formula is C20H32N4O3. The monoisotopic (exact) mass is 376 g/mol. The molecule has 1 fully saturated rings. The third-order valence-electron chi connectivity index (χ3n) is 4.66. The predicted molar refractivity (Wildman–Crippen MR) is 107 cm³/mol. The Morgan fingerprint density at radius 1 is 1.26 bits per heavy atom. The molecule has 27 heavy (non-hydrogen) atoms. The van der Waals surface area contributed by atoms with Gasteiger partial charge in [-0.2, -0.15) is 0 Å². The van der Waals surface area contributed by atoms with Crippen molar-refractivity contribution in [1.82, 2.24) is 15.5 Å². The summed E-state index contributed by atoms with van der Waals surface area (Å²) in [6.45, 7) is 4.80. The van der Waals surface area contributed by atoms with E-state index in [1.807, 2.05) is 6.07 Å². The quantitative estimate of drug-likeness (QED) is 0.331. The van der Waals surface area contributed by atoms with Gasteiger partial charge in [0.2, 0.25) is 0 Å². The normalized spacial score (nSPS) is 15.4. The Morgan fingerprint density at radius 3 is 2.81 bits per heavy atom. The maximum atomic E-state index is 10.4. The van der Waals surface area contributed by atoms with Gasteiger partial charge in [0.1, 0.15) is 5.75 Å². The molecule has 1 aliphatic rings. The van der Waals surface area contributed by atoms with Crippen LogP contribution in [0, 0.1) is 10.1 Å². The summed E-state index contributed by atoms with van der Waals surface area (Å²) < 4.78 is 5.89. The first-order chi connectivity index (χ1) is 13.2. The number of hydrogen-bond donors (Lipinski definition) is 2. The number of hydrogen-bond acceptors (Lipinski definition) is 6. The van der Waals surface area contributed by atoms with E-state index in [0.717, 1.165) is 37.8 Å². The van der Waals surface area contributed by atoms with E-state index in [9.17, 15) is 10.1 Å². The van der Waals surface area contributed by atoms with E-state index in [2.05, 4.69) is 33.7 Å². The number of benzene rings is 1. The van der Waals surface area contributed by atoms with Crippen LogP contribution >= 0.6 is 0 Å². The summed E-state index contributed by atoms with van der Waals surface area (Å²) in [6.07, 6.45) is 7.83. The molecule has 2 rings (SSSR count). The maximum absolute atomic E-state index is 10.4. The highest BCUT2D eigenvalue weighted by Gasteiger charge is 2.10. The number of likely N-dealkylation sites (tertiary alicyclic amines) is 1. The van der Waals surface area contributed by atoms with Crippen molar-refractivity contribution in [3.63, 3.8) is 0 Å². The Balaban J connectivity index is 1.60. The zero-order valence-corrected chi connectivity index (χ0v) is 16.3. The smallest absolute Gasteiger partial charge is 0.274 e. The van der Waals surface area contributed by atoms with Crippen LogP contribution in [0.5, 0.6) is 5.75 Å². The summed E-state index contributed by atoms with van der Waals surface area (Å²) in [4.78, 5) is 12.5. The zero-order chi connectivity index (χ0) is 19.3. The zero-order valence-electron chi connectivity index (χ0n) is 16.3. The highest BCUT2D eigenvalue weighted by atomic mass is 16.6. The molecule has 1 aromatic rings. The Hall–Kier alpha value is -2.28. The molecule has 0 bridgehead atoms. The molecule has 0 radical (unpaired) electrons. The molecule has 7 nitrogen and oxygen atoms in total. The summed E-state index contributed by atoms with van der Waals surface area (Å²) in [5, 5.41) is 16.2. The maximum Gasteiger partial charge on any atom is 0.274 e. The number of nitrogens with zero attached hydrogens (tertiary/aromatic N) is 2. The number of nitro groups is 1. The molecule has 2 N–H and O–H groups in total. The Labute approximate surface area is 161 Å². The Morgan fingerprint density at radius 2 is 2.07 bits per heavy atom. The van der Waals surface area contributed by atoms with E-state index >= 15 is 0 Å². The second-order valence-corrected chi connectivity index (χ2v) is 6.90. The van der Waals surface area contributed by atoms with Crippen LogP contribution in [-0.4, -0.2) is 43.1 Å². The van der Waals surface area contributed by atoms with Crippen molar-refractivity contribution in [2.24, 2.45) is 0 Å². The predicted octanol–water partition coefficient (Wildman–Crippen LogP) is 3.11. The molecular weight excluding hydrogens is 344 g/mol. The summed E-state index contributed by atoms with van der Waals surface area (Å²) in [5.74, 6) is 1.37. The van der Waals surface area contributed by atoms with Gasteiger partial charge in [0.25, 0.3) is 6.20 Å². The minimum Gasteiger partial charge on any atom is -0.494 e. The number of piperidine rings is 1. The number of rotatable bonds is 12. The number of nitrogens with one attached hydrogen (secondary N) is 2. The van der Waals surface area contributed by atoms with E-state index in [0.29, 0.717) is 19.0 Å². The van der Waals surface area contributed by atoms with Crippen LogP contribution in [0.25, 0.3) is 0 Å². The van der Waals surface area contributed by atoms with Gasteiger partial charge in [0.15, 0.2) is 5.82 Å². The van der Waals surface area contributed by atoms with Crippen LogP contribution in [0.15, 0.2) is 36.3 Å². The molecule has 1 saturated heterocycles. The molecule has 1 heterocycles. The lowest BCUT2D eigenvalue weighted by Gasteiger charge is -2.26. The molecule has 150 valence electrons. The van der Waals surface area contributed by atoms with Crippen molar-refractivity contribution in [3.05, 3.63) is 52.0 Å². The van der Waals surface area contributed by atoms with Crippen molar-refractivity contribution in [3.8, 4) is 5.75 Å². The lowest BCUT2D eigenvalue weighted by molar-refractivity contribution is -0.404. The molecule has 1 aromatic carbocycles. The number of ether oxygens (including phenoxy) is 1. The fourth-order valence-electron chi connectivity index (χ4n) is 3.23. The van der Waals surface area contributed by atoms with Gasteiger partial charge in [-0.1, -0.05) is 18.6 Å². The molecule has 7 heteroatoms. The Kier molecular flexibility index (Phi) is 9.48. The van der Waals surface area contributed by atoms with E-state index < -0.39 is 4.92 Å². The summed E-state index contributed by atoms with van der Waals surface area (Å²) in [6, 6.07) is 8.41. The van der Waals surface area contributed by atoms with Crippen LogP contribution < -0.4 is 15.4 Å². The van der Waals surface area contributed by atoms with Crippen molar-refractivity contribution < 1.29 is 9.66 Å². The van der Waals surface area contributed by atoms with E-state index in [4.69, 9.17) is 4.74 Å². The molecule has 0 amide bonds. The van der Waals surface area contributed by atoms with Crippen LogP contribution in [-0.2, 0) is 6.54 Å². The van der Waals surface area contributed by atoms with Gasteiger partial charge in [-0.25, -0.2) is 0 Å². The Bertz CT molecular complexity index is 601. The van der Waals surface area contributed by atoms with Crippen LogP contribution in [0.2, 0.25) is 0 Å². The average Bonchev–Trinajstić information content (AvgIpc) is 2.67. The fourth-order valence-corrected chi connectivity index (χ4v) is 3.23. The highest BCUT2D eigenvalue weighted by molar-refractivity contribution is 5.28. The van der Waals surface area contributed by atoms with E-state index in [1.165, 1.54) is 37.9 Å². The second-order valence-electron chi connectivity index (χ2n) is 6.90. The fraction of sp³-hybridized carbons (Fsp3) is 0.600. The second kappa shape index (κ2) is 12.2. The van der Waals surface area contributed by atoms with Gasteiger partial charge in [0, 0.05) is 20.1 Å².